The average molecular weight is 323 g/mol. The zero-order valence-electron chi connectivity index (χ0n) is 9.58. The van der Waals surface area contributed by atoms with Gasteiger partial charge in [-0.05, 0) is 48.9 Å². The van der Waals surface area contributed by atoms with Crippen molar-refractivity contribution in [1.82, 2.24) is 0 Å². The lowest BCUT2D eigenvalue weighted by Gasteiger charge is -2.09. The van der Waals surface area contributed by atoms with E-state index >= 15 is 0 Å². The molecule has 0 radical (unpaired) electrons. The fraction of sp³-hybridized carbons (Fsp3) is 0.0714. The van der Waals surface area contributed by atoms with E-state index < -0.39 is 0 Å². The molecule has 0 fully saturated rings. The van der Waals surface area contributed by atoms with Crippen molar-refractivity contribution >= 4 is 27.5 Å². The number of nitrogens with zero attached hydrogens (tertiary/aromatic N) is 1. The summed E-state index contributed by atoms with van der Waals surface area (Å²) < 4.78 is 6.59. The van der Waals surface area contributed by atoms with Gasteiger partial charge in [-0.15, -0.1) is 0 Å². The molecule has 0 N–H and O–H groups in total. The molecule has 0 bridgehead atoms. The first-order chi connectivity index (χ1) is 8.60. The van der Waals surface area contributed by atoms with Crippen molar-refractivity contribution in [3.8, 4) is 17.6 Å². The van der Waals surface area contributed by atoms with Gasteiger partial charge in [0.05, 0.1) is 16.7 Å². The van der Waals surface area contributed by atoms with Crippen LogP contribution in [0.5, 0.6) is 11.5 Å². The first kappa shape index (κ1) is 12.9. The third kappa shape index (κ3) is 2.84. The number of halogens is 2. The Hall–Kier alpha value is -1.50. The molecule has 0 aliphatic rings. The SMILES string of the molecule is Cc1cc(Oc2cc(Br)ccc2Cl)ccc1C#N. The van der Waals surface area contributed by atoms with Crippen molar-refractivity contribution in [2.45, 2.75) is 6.92 Å². The zero-order valence-corrected chi connectivity index (χ0v) is 11.9. The zero-order chi connectivity index (χ0) is 13.1. The third-order valence-corrected chi connectivity index (χ3v) is 3.24. The van der Waals surface area contributed by atoms with Gasteiger partial charge < -0.3 is 4.74 Å². The summed E-state index contributed by atoms with van der Waals surface area (Å²) in [5, 5.41) is 9.40. The maximum atomic E-state index is 8.86. The second kappa shape index (κ2) is 5.43. The molecule has 0 unspecified atom stereocenters. The van der Waals surface area contributed by atoms with Gasteiger partial charge in [-0.3, -0.25) is 0 Å². The third-order valence-electron chi connectivity index (χ3n) is 2.44. The molecule has 0 spiro atoms. The van der Waals surface area contributed by atoms with Gasteiger partial charge in [-0.2, -0.15) is 5.26 Å². The van der Waals surface area contributed by atoms with E-state index in [1.165, 1.54) is 0 Å². The first-order valence-electron chi connectivity index (χ1n) is 5.24. The Kier molecular flexibility index (Phi) is 3.90. The lowest BCUT2D eigenvalue weighted by molar-refractivity contribution is 0.482. The van der Waals surface area contributed by atoms with Crippen molar-refractivity contribution in [3.63, 3.8) is 0 Å². The highest BCUT2D eigenvalue weighted by Crippen LogP contribution is 2.32. The summed E-state index contributed by atoms with van der Waals surface area (Å²) in [6.45, 7) is 1.87. The minimum absolute atomic E-state index is 0.542. The lowest BCUT2D eigenvalue weighted by atomic mass is 10.1. The fourth-order valence-electron chi connectivity index (χ4n) is 1.51. The molecule has 0 aromatic heterocycles. The Bertz CT molecular complexity index is 634. The minimum atomic E-state index is 0.542. The van der Waals surface area contributed by atoms with Crippen LogP contribution in [0, 0.1) is 18.3 Å². The number of ether oxygens (including phenoxy) is 1. The molecule has 2 aromatic carbocycles. The number of nitriles is 1. The molecule has 18 heavy (non-hydrogen) atoms. The number of rotatable bonds is 2. The molecule has 2 rings (SSSR count). The predicted octanol–water partition coefficient (Wildman–Crippen LogP) is 5.07. The molecule has 0 heterocycles. The summed E-state index contributed by atoms with van der Waals surface area (Å²) >= 11 is 9.41. The van der Waals surface area contributed by atoms with E-state index in [1.54, 1.807) is 24.3 Å². The molecule has 0 saturated heterocycles. The van der Waals surface area contributed by atoms with Gasteiger partial charge in [0.15, 0.2) is 0 Å². The predicted molar refractivity (Wildman–Crippen MR) is 75.1 cm³/mol. The van der Waals surface area contributed by atoms with Crippen LogP contribution in [0.25, 0.3) is 0 Å². The average Bonchev–Trinajstić information content (AvgIpc) is 2.34. The Morgan fingerprint density at radius 2 is 2.00 bits per heavy atom. The van der Waals surface area contributed by atoms with E-state index in [1.807, 2.05) is 19.1 Å². The van der Waals surface area contributed by atoms with E-state index in [-0.39, 0.29) is 0 Å². The van der Waals surface area contributed by atoms with Crippen molar-refractivity contribution in [2.75, 3.05) is 0 Å². The summed E-state index contributed by atoms with van der Waals surface area (Å²) in [5.74, 6) is 1.24. The fourth-order valence-corrected chi connectivity index (χ4v) is 2.00. The van der Waals surface area contributed by atoms with Crippen molar-refractivity contribution in [1.29, 1.82) is 5.26 Å². The van der Waals surface area contributed by atoms with E-state index in [2.05, 4.69) is 22.0 Å². The van der Waals surface area contributed by atoms with Crippen LogP contribution in [0.4, 0.5) is 0 Å². The normalized spacial score (nSPS) is 9.89. The Labute approximate surface area is 119 Å². The maximum Gasteiger partial charge on any atom is 0.147 e. The summed E-state index contributed by atoms with van der Waals surface area (Å²) in [7, 11) is 0. The monoisotopic (exact) mass is 321 g/mol. The van der Waals surface area contributed by atoms with Crippen molar-refractivity contribution in [2.24, 2.45) is 0 Å². The summed E-state index contributed by atoms with van der Waals surface area (Å²) in [5.41, 5.74) is 1.52. The van der Waals surface area contributed by atoms with E-state index in [0.29, 0.717) is 22.1 Å². The Balaban J connectivity index is 2.32. The van der Waals surface area contributed by atoms with E-state index in [9.17, 15) is 0 Å². The molecule has 0 aliphatic heterocycles. The number of hydrogen-bond acceptors (Lipinski definition) is 2. The molecular weight excluding hydrogens is 314 g/mol. The highest BCUT2D eigenvalue weighted by atomic mass is 79.9. The number of aryl methyl sites for hydroxylation is 1. The van der Waals surface area contributed by atoms with Gasteiger partial charge in [0.2, 0.25) is 0 Å². The lowest BCUT2D eigenvalue weighted by Crippen LogP contribution is -1.88. The van der Waals surface area contributed by atoms with Crippen LogP contribution in [-0.4, -0.2) is 0 Å². The summed E-state index contributed by atoms with van der Waals surface area (Å²) in [6, 6.07) is 12.8. The maximum absolute atomic E-state index is 8.86. The largest absolute Gasteiger partial charge is 0.456 e. The van der Waals surface area contributed by atoms with Gasteiger partial charge >= 0.3 is 0 Å². The highest BCUT2D eigenvalue weighted by Gasteiger charge is 2.05. The summed E-state index contributed by atoms with van der Waals surface area (Å²) in [6.07, 6.45) is 0. The summed E-state index contributed by atoms with van der Waals surface area (Å²) in [4.78, 5) is 0. The van der Waals surface area contributed by atoms with Gasteiger partial charge in [0.25, 0.3) is 0 Å². The van der Waals surface area contributed by atoms with E-state index in [0.717, 1.165) is 10.0 Å². The van der Waals surface area contributed by atoms with Crippen molar-refractivity contribution < 1.29 is 4.74 Å². The standard InChI is InChI=1S/C14H9BrClNO/c1-9-6-12(4-2-10(9)8-17)18-14-7-11(15)3-5-13(14)16/h2-7H,1H3. The quantitative estimate of drug-likeness (QED) is 0.773. The van der Waals surface area contributed by atoms with Crippen LogP contribution in [-0.2, 0) is 0 Å². The molecule has 0 atom stereocenters. The van der Waals surface area contributed by atoms with Gasteiger partial charge in [0, 0.05) is 4.47 Å². The molecule has 0 amide bonds. The second-order valence-corrected chi connectivity index (χ2v) is 5.09. The van der Waals surface area contributed by atoms with Crippen molar-refractivity contribution in [3.05, 3.63) is 57.0 Å². The molecule has 0 aliphatic carbocycles. The highest BCUT2D eigenvalue weighted by molar-refractivity contribution is 9.10. The first-order valence-corrected chi connectivity index (χ1v) is 6.41. The molecule has 4 heteroatoms. The van der Waals surface area contributed by atoms with Crippen LogP contribution in [0.3, 0.4) is 0 Å². The second-order valence-electron chi connectivity index (χ2n) is 3.77. The molecule has 90 valence electrons. The van der Waals surface area contributed by atoms with Crippen LogP contribution in [0.2, 0.25) is 5.02 Å². The Morgan fingerprint density at radius 1 is 1.22 bits per heavy atom. The number of benzene rings is 2. The van der Waals surface area contributed by atoms with E-state index in [4.69, 9.17) is 21.6 Å². The van der Waals surface area contributed by atoms with Gasteiger partial charge in [-0.1, -0.05) is 27.5 Å². The molecular formula is C14H9BrClNO. The smallest absolute Gasteiger partial charge is 0.147 e. The van der Waals surface area contributed by atoms with Gasteiger partial charge in [-0.25, -0.2) is 0 Å². The van der Waals surface area contributed by atoms with Crippen LogP contribution in [0.15, 0.2) is 40.9 Å². The van der Waals surface area contributed by atoms with Crippen LogP contribution >= 0.6 is 27.5 Å². The van der Waals surface area contributed by atoms with Crippen LogP contribution < -0.4 is 4.74 Å². The molecule has 0 saturated carbocycles. The molecule has 2 nitrogen and oxygen atoms in total. The minimum Gasteiger partial charge on any atom is -0.456 e. The molecule has 2 aromatic rings. The number of hydrogen-bond donors (Lipinski definition) is 0. The van der Waals surface area contributed by atoms with Gasteiger partial charge in [0.1, 0.15) is 11.5 Å². The van der Waals surface area contributed by atoms with Crippen LogP contribution in [0.1, 0.15) is 11.1 Å². The topological polar surface area (TPSA) is 33.0 Å². The Morgan fingerprint density at radius 3 is 2.67 bits per heavy atom.